The lowest BCUT2D eigenvalue weighted by Gasteiger charge is -2.32. The van der Waals surface area contributed by atoms with Gasteiger partial charge in [0.2, 0.25) is 0 Å². The minimum absolute atomic E-state index is 0.420. The van der Waals surface area contributed by atoms with Gasteiger partial charge in [-0.3, -0.25) is 0 Å². The van der Waals surface area contributed by atoms with Crippen LogP contribution < -0.4 is 0 Å². The lowest BCUT2D eigenvalue weighted by Crippen LogP contribution is -2.33. The molecule has 0 bridgehead atoms. The molecule has 2 heterocycles. The number of aromatic nitrogens is 1. The molecule has 2 aromatic carbocycles. The van der Waals surface area contributed by atoms with E-state index in [1.807, 2.05) is 12.3 Å². The molecule has 0 radical (unpaired) electrons. The van der Waals surface area contributed by atoms with E-state index in [2.05, 4.69) is 40.2 Å². The second-order valence-corrected chi connectivity index (χ2v) is 8.87. The van der Waals surface area contributed by atoms with Gasteiger partial charge in [0.15, 0.2) is 0 Å². The van der Waals surface area contributed by atoms with Gasteiger partial charge in [0.05, 0.1) is 20.6 Å². The van der Waals surface area contributed by atoms with E-state index in [0.717, 1.165) is 29.7 Å². The normalized spacial score (nSPS) is 16.1. The number of unbranched alkanes of at least 4 members (excludes halogenated alkanes) is 1. The van der Waals surface area contributed by atoms with Gasteiger partial charge >= 0.3 is 0 Å². The predicted molar refractivity (Wildman–Crippen MR) is 121 cm³/mol. The van der Waals surface area contributed by atoms with Crippen molar-refractivity contribution in [1.29, 1.82) is 0 Å². The second kappa shape index (κ2) is 9.09. The molecule has 0 unspecified atom stereocenters. The monoisotopic (exact) mass is 434 g/mol. The van der Waals surface area contributed by atoms with Crippen LogP contribution in [-0.4, -0.2) is 29.5 Å². The van der Waals surface area contributed by atoms with Gasteiger partial charge in [0, 0.05) is 11.6 Å². The van der Waals surface area contributed by atoms with Crippen molar-refractivity contribution in [2.45, 2.75) is 38.0 Å². The molecule has 2 nitrogen and oxygen atoms in total. The van der Waals surface area contributed by atoms with Crippen molar-refractivity contribution in [2.75, 3.05) is 19.6 Å². The van der Waals surface area contributed by atoms with Gasteiger partial charge in [0.25, 0.3) is 0 Å². The first-order chi connectivity index (χ1) is 13.6. The molecular formula is C23H25Cl3N2. The molecule has 148 valence electrons. The highest BCUT2D eigenvalue weighted by atomic mass is 35.5. The number of aryl methyl sites for hydroxylation is 1. The Morgan fingerprint density at radius 1 is 0.964 bits per heavy atom. The highest BCUT2D eigenvalue weighted by Crippen LogP contribution is 2.37. The van der Waals surface area contributed by atoms with Crippen molar-refractivity contribution in [3.63, 3.8) is 0 Å². The largest absolute Gasteiger partial charge is 0.360 e. The summed E-state index contributed by atoms with van der Waals surface area (Å²) in [6.45, 7) is 3.59. The van der Waals surface area contributed by atoms with Crippen LogP contribution in [0, 0.1) is 0 Å². The minimum Gasteiger partial charge on any atom is -0.360 e. The Bertz CT molecular complexity index is 928. The van der Waals surface area contributed by atoms with Crippen molar-refractivity contribution in [3.05, 3.63) is 68.8 Å². The zero-order chi connectivity index (χ0) is 19.5. The number of hydrogen-bond acceptors (Lipinski definition) is 1. The lowest BCUT2D eigenvalue weighted by molar-refractivity contribution is 0.209. The van der Waals surface area contributed by atoms with Crippen LogP contribution in [-0.2, 0) is 6.42 Å². The first-order valence-corrected chi connectivity index (χ1v) is 11.2. The molecule has 1 aromatic heterocycles. The predicted octanol–water partition coefficient (Wildman–Crippen LogP) is 7.33. The average Bonchev–Trinajstić information content (AvgIpc) is 3.13. The fourth-order valence-electron chi connectivity index (χ4n) is 4.30. The molecule has 5 heteroatoms. The third-order valence-electron chi connectivity index (χ3n) is 5.93. The number of rotatable bonds is 6. The molecular weight excluding hydrogens is 411 g/mol. The molecule has 3 aromatic rings. The van der Waals surface area contributed by atoms with E-state index in [9.17, 15) is 0 Å². The molecule has 1 aliphatic heterocycles. The number of aromatic amines is 1. The third kappa shape index (κ3) is 4.36. The van der Waals surface area contributed by atoms with Gasteiger partial charge in [-0.1, -0.05) is 65.1 Å². The van der Waals surface area contributed by atoms with Crippen LogP contribution in [0.2, 0.25) is 15.1 Å². The second-order valence-electron chi connectivity index (χ2n) is 7.71. The highest BCUT2D eigenvalue weighted by molar-refractivity contribution is 6.50. The quantitative estimate of drug-likeness (QED) is 0.317. The number of hydrogen-bond donors (Lipinski definition) is 1. The Kier molecular flexibility index (Phi) is 6.52. The van der Waals surface area contributed by atoms with Crippen molar-refractivity contribution < 1.29 is 0 Å². The van der Waals surface area contributed by atoms with Gasteiger partial charge in [-0.2, -0.15) is 0 Å². The molecule has 0 atom stereocenters. The zero-order valence-corrected chi connectivity index (χ0v) is 18.1. The van der Waals surface area contributed by atoms with E-state index in [1.54, 1.807) is 0 Å². The first kappa shape index (κ1) is 20.1. The summed E-state index contributed by atoms with van der Waals surface area (Å²) < 4.78 is 0. The average molecular weight is 436 g/mol. The highest BCUT2D eigenvalue weighted by Gasteiger charge is 2.20. The Hall–Kier alpha value is -1.19. The molecule has 1 fully saturated rings. The molecule has 1 aliphatic rings. The topological polar surface area (TPSA) is 19.0 Å². The maximum atomic E-state index is 6.31. The summed E-state index contributed by atoms with van der Waals surface area (Å²) in [5.41, 5.74) is 3.64. The van der Waals surface area contributed by atoms with Crippen molar-refractivity contribution in [1.82, 2.24) is 9.88 Å². The summed E-state index contributed by atoms with van der Waals surface area (Å²) in [7, 11) is 0. The number of piperidine rings is 1. The van der Waals surface area contributed by atoms with Gasteiger partial charge in [-0.05, 0) is 74.8 Å². The number of halogens is 3. The van der Waals surface area contributed by atoms with Gasteiger partial charge < -0.3 is 9.88 Å². The number of nitrogens with zero attached hydrogens (tertiary/aromatic N) is 1. The van der Waals surface area contributed by atoms with Crippen LogP contribution in [0.25, 0.3) is 10.9 Å². The van der Waals surface area contributed by atoms with Crippen LogP contribution >= 0.6 is 34.8 Å². The maximum absolute atomic E-state index is 6.31. The molecule has 0 spiro atoms. The Morgan fingerprint density at radius 3 is 2.46 bits per heavy atom. The number of nitrogens with one attached hydrogen (secondary N) is 1. The fourth-order valence-corrected chi connectivity index (χ4v) is 4.96. The maximum Gasteiger partial charge on any atom is 0.0848 e. The summed E-state index contributed by atoms with van der Waals surface area (Å²) in [6, 6.07) is 12.9. The van der Waals surface area contributed by atoms with E-state index in [4.69, 9.17) is 34.8 Å². The van der Waals surface area contributed by atoms with Crippen LogP contribution in [0.1, 0.15) is 42.7 Å². The van der Waals surface area contributed by atoms with E-state index in [-0.39, 0.29) is 0 Å². The third-order valence-corrected chi connectivity index (χ3v) is 7.19. The van der Waals surface area contributed by atoms with E-state index >= 15 is 0 Å². The van der Waals surface area contributed by atoms with Crippen LogP contribution in [0.3, 0.4) is 0 Å². The molecule has 0 saturated carbocycles. The number of benzene rings is 2. The standard InChI is InChI=1S/C23H25Cl3N2/c24-20-14-19-18(15-27-23(19)22(26)21(20)25)8-4-5-11-28-12-9-17(10-13-28)16-6-2-1-3-7-16/h1-3,6-7,14-15,17,27H,4-5,8-13H2. The molecule has 0 amide bonds. The molecule has 28 heavy (non-hydrogen) atoms. The van der Waals surface area contributed by atoms with E-state index in [1.165, 1.54) is 50.0 Å². The zero-order valence-electron chi connectivity index (χ0n) is 15.9. The van der Waals surface area contributed by atoms with Crippen LogP contribution in [0.4, 0.5) is 0 Å². The van der Waals surface area contributed by atoms with Gasteiger partial charge in [-0.15, -0.1) is 0 Å². The fraction of sp³-hybridized carbons (Fsp3) is 0.391. The summed E-state index contributed by atoms with van der Waals surface area (Å²) in [4.78, 5) is 5.86. The number of fused-ring (bicyclic) bond motifs is 1. The van der Waals surface area contributed by atoms with Crippen LogP contribution in [0.5, 0.6) is 0 Å². The molecule has 1 saturated heterocycles. The lowest BCUT2D eigenvalue weighted by atomic mass is 9.89. The summed E-state index contributed by atoms with van der Waals surface area (Å²) in [5, 5.41) is 2.53. The van der Waals surface area contributed by atoms with Gasteiger partial charge in [-0.25, -0.2) is 0 Å². The summed E-state index contributed by atoms with van der Waals surface area (Å²) in [5.74, 6) is 0.727. The molecule has 4 rings (SSSR count). The Labute approximate surface area is 181 Å². The van der Waals surface area contributed by atoms with E-state index in [0.29, 0.717) is 15.1 Å². The Morgan fingerprint density at radius 2 is 1.71 bits per heavy atom. The van der Waals surface area contributed by atoms with Crippen LogP contribution in [0.15, 0.2) is 42.6 Å². The first-order valence-electron chi connectivity index (χ1n) is 10.0. The van der Waals surface area contributed by atoms with Crippen molar-refractivity contribution >= 4 is 45.7 Å². The molecule has 1 N–H and O–H groups in total. The number of H-pyrrole nitrogens is 1. The minimum atomic E-state index is 0.420. The van der Waals surface area contributed by atoms with E-state index < -0.39 is 0 Å². The Balaban J connectivity index is 1.25. The van der Waals surface area contributed by atoms with Crippen molar-refractivity contribution in [3.8, 4) is 0 Å². The molecule has 0 aliphatic carbocycles. The smallest absolute Gasteiger partial charge is 0.0848 e. The SMILES string of the molecule is Clc1cc2c(CCCCN3CCC(c4ccccc4)CC3)c[nH]c2c(Cl)c1Cl. The summed E-state index contributed by atoms with van der Waals surface area (Å²) >= 11 is 18.7. The van der Waals surface area contributed by atoms with Crippen molar-refractivity contribution in [2.24, 2.45) is 0 Å². The summed E-state index contributed by atoms with van der Waals surface area (Å²) in [6.07, 6.45) is 7.96. The van der Waals surface area contributed by atoms with Gasteiger partial charge in [0.1, 0.15) is 0 Å². The number of likely N-dealkylation sites (tertiary alicyclic amines) is 1.